The third-order valence-electron chi connectivity index (χ3n) is 7.80. The van der Waals surface area contributed by atoms with E-state index in [0.717, 1.165) is 59.6 Å². The van der Waals surface area contributed by atoms with E-state index in [9.17, 15) is 18.0 Å². The molecule has 1 saturated carbocycles. The molecule has 2 heterocycles. The maximum atomic E-state index is 14.0. The number of amides is 1. The first-order valence-electron chi connectivity index (χ1n) is 14.1. The summed E-state index contributed by atoms with van der Waals surface area (Å²) in [6.07, 6.45) is 0.442. The molecule has 0 spiro atoms. The first-order valence-corrected chi connectivity index (χ1v) is 14.1. The van der Waals surface area contributed by atoms with Gasteiger partial charge in [0.1, 0.15) is 11.9 Å². The molecule has 2 N–H and O–H groups in total. The molecule has 2 fully saturated rings. The van der Waals surface area contributed by atoms with Crippen LogP contribution in [0.4, 0.5) is 24.8 Å². The lowest BCUT2D eigenvalue weighted by molar-refractivity contribution is -0.139. The average molecular weight is 576 g/mol. The summed E-state index contributed by atoms with van der Waals surface area (Å²) in [5.41, 5.74) is 2.96. The molecule has 0 atom stereocenters. The van der Waals surface area contributed by atoms with E-state index >= 15 is 0 Å². The van der Waals surface area contributed by atoms with Gasteiger partial charge in [-0.2, -0.15) is 13.2 Å². The predicted octanol–water partition coefficient (Wildman–Crippen LogP) is 6.92. The number of aryl methyl sites for hydroxylation is 1. The number of carbonyl (C=O) groups excluding carboxylic acids is 1. The van der Waals surface area contributed by atoms with Crippen LogP contribution < -0.4 is 15.4 Å². The van der Waals surface area contributed by atoms with E-state index in [-0.39, 0.29) is 17.5 Å². The van der Waals surface area contributed by atoms with Crippen molar-refractivity contribution in [2.45, 2.75) is 50.9 Å². The highest BCUT2D eigenvalue weighted by Crippen LogP contribution is 2.39. The Hall–Kier alpha value is -4.18. The van der Waals surface area contributed by atoms with Crippen molar-refractivity contribution in [1.29, 1.82) is 0 Å². The number of benzene rings is 3. The Labute approximate surface area is 242 Å². The van der Waals surface area contributed by atoms with Crippen molar-refractivity contribution in [3.05, 3.63) is 77.5 Å². The number of piperidine rings is 1. The molecule has 0 radical (unpaired) electrons. The average Bonchev–Trinajstić information content (AvgIpc) is 3.78. The zero-order valence-corrected chi connectivity index (χ0v) is 23.5. The van der Waals surface area contributed by atoms with E-state index in [1.54, 1.807) is 18.3 Å². The molecular formula is C32H32F3N5O2. The summed E-state index contributed by atoms with van der Waals surface area (Å²) in [5, 5.41) is 6.80. The quantitative estimate of drug-likeness (QED) is 0.249. The number of nitrogens with zero attached hydrogens (tertiary/aromatic N) is 3. The first kappa shape index (κ1) is 28.0. The minimum absolute atomic E-state index is 0.0450. The number of rotatable bonds is 7. The van der Waals surface area contributed by atoms with Gasteiger partial charge in [0.2, 0.25) is 5.95 Å². The lowest BCUT2D eigenvalue weighted by atomic mass is 9.97. The van der Waals surface area contributed by atoms with Gasteiger partial charge in [-0.25, -0.2) is 9.97 Å². The Morgan fingerprint density at radius 2 is 1.79 bits per heavy atom. The number of fused-ring (bicyclic) bond motifs is 1. The van der Waals surface area contributed by atoms with Crippen molar-refractivity contribution < 1.29 is 22.7 Å². The number of aromatic nitrogens is 2. The number of hydrogen-bond acceptors (Lipinski definition) is 6. The molecule has 2 aliphatic rings. The van der Waals surface area contributed by atoms with Crippen molar-refractivity contribution in [2.75, 3.05) is 30.8 Å². The molecule has 3 aromatic carbocycles. The molecule has 0 unspecified atom stereocenters. The number of hydrogen-bond donors (Lipinski definition) is 2. The van der Waals surface area contributed by atoms with Crippen LogP contribution in [0.3, 0.4) is 0 Å². The van der Waals surface area contributed by atoms with Crippen LogP contribution in [-0.4, -0.2) is 53.1 Å². The number of halogens is 3. The molecule has 218 valence electrons. The van der Waals surface area contributed by atoms with E-state index in [0.29, 0.717) is 30.4 Å². The highest BCUT2D eigenvalue weighted by Gasteiger charge is 2.36. The molecule has 4 aromatic rings. The van der Waals surface area contributed by atoms with Crippen LogP contribution in [0.2, 0.25) is 0 Å². The van der Waals surface area contributed by atoms with Gasteiger partial charge in [-0.3, -0.25) is 4.79 Å². The highest BCUT2D eigenvalue weighted by atomic mass is 19.4. The van der Waals surface area contributed by atoms with Gasteiger partial charge in [0.15, 0.2) is 0 Å². The lowest BCUT2D eigenvalue weighted by Gasteiger charge is -2.30. The first-order chi connectivity index (χ1) is 20.1. The minimum atomic E-state index is -4.63. The van der Waals surface area contributed by atoms with Gasteiger partial charge in [-0.15, -0.1) is 0 Å². The SMILES string of the molecule is Cc1ccc(C(=O)Nc2ccc(OC3CCN(C)CC3)c(C(F)(F)F)c2)cc1-c1ccc2nc(NC3CC3)ncc2c1. The standard InChI is InChI=1S/C32H32F3N5O2/c1-19-3-4-21(16-26(19)20-5-9-28-22(15-20)18-36-31(39-28)38-23-6-7-23)30(41)37-24-8-10-29(27(17-24)32(33,34)35)42-25-11-13-40(2)14-12-25/h3-5,8-10,15-18,23,25H,6-7,11-14H2,1-2H3,(H,37,41)(H,36,38,39). The fraction of sp³-hybridized carbons (Fsp3) is 0.344. The molecule has 1 aliphatic heterocycles. The summed E-state index contributed by atoms with van der Waals surface area (Å²) in [4.78, 5) is 24.3. The predicted molar refractivity (Wildman–Crippen MR) is 157 cm³/mol. The third kappa shape index (κ3) is 6.33. The second-order valence-corrected chi connectivity index (χ2v) is 11.2. The normalized spacial score (nSPS) is 16.4. The molecule has 42 heavy (non-hydrogen) atoms. The fourth-order valence-electron chi connectivity index (χ4n) is 5.17. The Kier molecular flexibility index (Phi) is 7.49. The molecule has 1 aromatic heterocycles. The van der Waals surface area contributed by atoms with E-state index in [1.807, 2.05) is 38.2 Å². The zero-order chi connectivity index (χ0) is 29.4. The topological polar surface area (TPSA) is 79.4 Å². The molecule has 6 rings (SSSR count). The summed E-state index contributed by atoms with van der Waals surface area (Å²) in [5.74, 6) is -0.112. The summed E-state index contributed by atoms with van der Waals surface area (Å²) >= 11 is 0. The summed E-state index contributed by atoms with van der Waals surface area (Å²) < 4.78 is 47.7. The Morgan fingerprint density at radius 3 is 2.52 bits per heavy atom. The van der Waals surface area contributed by atoms with Crippen molar-refractivity contribution in [1.82, 2.24) is 14.9 Å². The van der Waals surface area contributed by atoms with Crippen LogP contribution >= 0.6 is 0 Å². The monoisotopic (exact) mass is 575 g/mol. The van der Waals surface area contributed by atoms with Crippen LogP contribution in [0, 0.1) is 6.92 Å². The maximum Gasteiger partial charge on any atom is 0.420 e. The van der Waals surface area contributed by atoms with Gasteiger partial charge in [0, 0.05) is 42.0 Å². The van der Waals surface area contributed by atoms with Gasteiger partial charge in [0.25, 0.3) is 5.91 Å². The highest BCUT2D eigenvalue weighted by molar-refractivity contribution is 6.05. The number of anilines is 2. The van der Waals surface area contributed by atoms with Crippen LogP contribution in [0.25, 0.3) is 22.0 Å². The van der Waals surface area contributed by atoms with E-state index in [2.05, 4.69) is 25.5 Å². The van der Waals surface area contributed by atoms with E-state index in [4.69, 9.17) is 4.74 Å². The number of carbonyl (C=O) groups is 1. The summed E-state index contributed by atoms with van der Waals surface area (Å²) in [7, 11) is 1.98. The van der Waals surface area contributed by atoms with E-state index in [1.165, 1.54) is 12.1 Å². The summed E-state index contributed by atoms with van der Waals surface area (Å²) in [6.45, 7) is 3.48. The van der Waals surface area contributed by atoms with Gasteiger partial charge in [-0.1, -0.05) is 12.1 Å². The van der Waals surface area contributed by atoms with Crippen molar-refractivity contribution >= 4 is 28.4 Å². The molecule has 0 bridgehead atoms. The van der Waals surface area contributed by atoms with Crippen molar-refractivity contribution in [3.63, 3.8) is 0 Å². The van der Waals surface area contributed by atoms with Gasteiger partial charge < -0.3 is 20.3 Å². The van der Waals surface area contributed by atoms with Crippen LogP contribution in [0.1, 0.15) is 47.2 Å². The number of likely N-dealkylation sites (tertiary alicyclic amines) is 1. The zero-order valence-electron chi connectivity index (χ0n) is 23.5. The van der Waals surface area contributed by atoms with E-state index < -0.39 is 17.6 Å². The maximum absolute atomic E-state index is 14.0. The van der Waals surface area contributed by atoms with Gasteiger partial charge in [0.05, 0.1) is 11.1 Å². The summed E-state index contributed by atoms with van der Waals surface area (Å²) in [6, 6.07) is 15.2. The molecule has 1 saturated heterocycles. The second-order valence-electron chi connectivity index (χ2n) is 11.2. The van der Waals surface area contributed by atoms with Crippen molar-refractivity contribution in [3.8, 4) is 16.9 Å². The smallest absolute Gasteiger partial charge is 0.420 e. The molecule has 1 aliphatic carbocycles. The Balaban J connectivity index is 1.21. The Morgan fingerprint density at radius 1 is 1.00 bits per heavy atom. The second kappa shape index (κ2) is 11.2. The van der Waals surface area contributed by atoms with Gasteiger partial charge >= 0.3 is 6.18 Å². The minimum Gasteiger partial charge on any atom is -0.490 e. The van der Waals surface area contributed by atoms with Gasteiger partial charge in [-0.05, 0) is 98.8 Å². The molecular weight excluding hydrogens is 543 g/mol. The lowest BCUT2D eigenvalue weighted by Crippen LogP contribution is -2.36. The largest absolute Gasteiger partial charge is 0.490 e. The van der Waals surface area contributed by atoms with Crippen molar-refractivity contribution in [2.24, 2.45) is 0 Å². The number of alkyl halides is 3. The number of ether oxygens (including phenoxy) is 1. The third-order valence-corrected chi connectivity index (χ3v) is 7.80. The fourth-order valence-corrected chi connectivity index (χ4v) is 5.17. The Bertz CT molecular complexity index is 1630. The van der Waals surface area contributed by atoms with Crippen LogP contribution in [-0.2, 0) is 6.18 Å². The molecule has 10 heteroatoms. The van der Waals surface area contributed by atoms with Crippen LogP contribution in [0.15, 0.2) is 60.8 Å². The molecule has 7 nitrogen and oxygen atoms in total. The number of nitrogens with one attached hydrogen (secondary N) is 2. The van der Waals surface area contributed by atoms with Crippen LogP contribution in [0.5, 0.6) is 5.75 Å². The molecule has 1 amide bonds.